The van der Waals surface area contributed by atoms with Gasteiger partial charge in [-0.15, -0.1) is 0 Å². The SMILES string of the molecule is Cc1ccc(C)c(C(C)NC(=O)C2CNC2)c1. The molecule has 1 heterocycles. The highest BCUT2D eigenvalue weighted by Crippen LogP contribution is 2.19. The van der Waals surface area contributed by atoms with Crippen LogP contribution in [0.4, 0.5) is 0 Å². The van der Waals surface area contributed by atoms with Crippen molar-refractivity contribution in [3.05, 3.63) is 34.9 Å². The van der Waals surface area contributed by atoms with E-state index in [1.54, 1.807) is 0 Å². The minimum absolute atomic E-state index is 0.0861. The fourth-order valence-electron chi connectivity index (χ4n) is 2.11. The number of carbonyl (C=O) groups is 1. The molecule has 0 spiro atoms. The van der Waals surface area contributed by atoms with Crippen LogP contribution < -0.4 is 10.6 Å². The Labute approximate surface area is 103 Å². The Morgan fingerprint density at radius 1 is 1.41 bits per heavy atom. The van der Waals surface area contributed by atoms with Crippen LogP contribution >= 0.6 is 0 Å². The van der Waals surface area contributed by atoms with Gasteiger partial charge >= 0.3 is 0 Å². The molecule has 0 saturated carbocycles. The van der Waals surface area contributed by atoms with Crippen molar-refractivity contribution >= 4 is 5.91 Å². The number of nitrogens with one attached hydrogen (secondary N) is 2. The number of carbonyl (C=O) groups excluding carboxylic acids is 1. The van der Waals surface area contributed by atoms with Crippen molar-refractivity contribution in [2.45, 2.75) is 26.8 Å². The minimum atomic E-state index is 0.0861. The molecular formula is C14H20N2O. The number of amides is 1. The van der Waals surface area contributed by atoms with E-state index in [9.17, 15) is 4.79 Å². The summed E-state index contributed by atoms with van der Waals surface area (Å²) < 4.78 is 0. The summed E-state index contributed by atoms with van der Waals surface area (Å²) in [6.45, 7) is 7.83. The lowest BCUT2D eigenvalue weighted by molar-refractivity contribution is -0.127. The lowest BCUT2D eigenvalue weighted by Gasteiger charge is -2.28. The smallest absolute Gasteiger partial charge is 0.226 e. The number of aryl methyl sites for hydroxylation is 2. The average molecular weight is 232 g/mol. The molecule has 1 aromatic carbocycles. The number of rotatable bonds is 3. The molecule has 2 rings (SSSR count). The Morgan fingerprint density at radius 2 is 2.12 bits per heavy atom. The molecule has 3 heteroatoms. The molecule has 0 aliphatic carbocycles. The summed E-state index contributed by atoms with van der Waals surface area (Å²) in [5.74, 6) is 0.319. The molecule has 0 radical (unpaired) electrons. The quantitative estimate of drug-likeness (QED) is 0.833. The summed E-state index contributed by atoms with van der Waals surface area (Å²) in [5, 5.41) is 6.20. The van der Waals surface area contributed by atoms with Crippen LogP contribution in [-0.2, 0) is 4.79 Å². The predicted octanol–water partition coefficient (Wildman–Crippen LogP) is 1.70. The highest BCUT2D eigenvalue weighted by atomic mass is 16.2. The summed E-state index contributed by atoms with van der Waals surface area (Å²) >= 11 is 0. The fraction of sp³-hybridized carbons (Fsp3) is 0.500. The van der Waals surface area contributed by atoms with Crippen LogP contribution in [0, 0.1) is 19.8 Å². The molecule has 1 unspecified atom stereocenters. The van der Waals surface area contributed by atoms with E-state index in [1.807, 2.05) is 6.92 Å². The third-order valence-electron chi connectivity index (χ3n) is 3.41. The van der Waals surface area contributed by atoms with E-state index in [-0.39, 0.29) is 17.9 Å². The van der Waals surface area contributed by atoms with E-state index in [0.29, 0.717) is 0 Å². The third kappa shape index (κ3) is 2.67. The van der Waals surface area contributed by atoms with Crippen molar-refractivity contribution in [3.63, 3.8) is 0 Å². The summed E-state index contributed by atoms with van der Waals surface area (Å²) in [5.41, 5.74) is 3.68. The van der Waals surface area contributed by atoms with Crippen LogP contribution in [0.3, 0.4) is 0 Å². The van der Waals surface area contributed by atoms with Gasteiger partial charge in [0.1, 0.15) is 0 Å². The molecule has 1 aliphatic heterocycles. The van der Waals surface area contributed by atoms with Gasteiger partial charge in [0, 0.05) is 13.1 Å². The summed E-state index contributed by atoms with van der Waals surface area (Å²) in [6, 6.07) is 6.45. The summed E-state index contributed by atoms with van der Waals surface area (Å²) in [7, 11) is 0. The third-order valence-corrected chi connectivity index (χ3v) is 3.41. The van der Waals surface area contributed by atoms with Gasteiger partial charge in [0.05, 0.1) is 12.0 Å². The first-order valence-corrected chi connectivity index (χ1v) is 6.16. The van der Waals surface area contributed by atoms with E-state index in [1.165, 1.54) is 16.7 Å². The second-order valence-electron chi connectivity index (χ2n) is 4.95. The van der Waals surface area contributed by atoms with Gasteiger partial charge in [-0.25, -0.2) is 0 Å². The molecular weight excluding hydrogens is 212 g/mol. The zero-order valence-corrected chi connectivity index (χ0v) is 10.7. The zero-order valence-electron chi connectivity index (χ0n) is 10.7. The van der Waals surface area contributed by atoms with Crippen molar-refractivity contribution in [1.82, 2.24) is 10.6 Å². The lowest BCUT2D eigenvalue weighted by atomic mass is 9.98. The van der Waals surface area contributed by atoms with Gasteiger partial charge in [-0.1, -0.05) is 23.8 Å². The first-order valence-electron chi connectivity index (χ1n) is 6.16. The standard InChI is InChI=1S/C14H20N2O/c1-9-4-5-10(2)13(6-9)11(3)16-14(17)12-7-15-8-12/h4-6,11-12,15H,7-8H2,1-3H3,(H,16,17). The monoisotopic (exact) mass is 232 g/mol. The van der Waals surface area contributed by atoms with Crippen LogP contribution in [0.25, 0.3) is 0 Å². The van der Waals surface area contributed by atoms with Crippen molar-refractivity contribution in [2.75, 3.05) is 13.1 Å². The van der Waals surface area contributed by atoms with Crippen LogP contribution in [0.5, 0.6) is 0 Å². The van der Waals surface area contributed by atoms with Crippen LogP contribution in [0.1, 0.15) is 29.7 Å². The second-order valence-corrected chi connectivity index (χ2v) is 4.95. The van der Waals surface area contributed by atoms with E-state index < -0.39 is 0 Å². The molecule has 2 N–H and O–H groups in total. The molecule has 92 valence electrons. The molecule has 1 amide bonds. The Hall–Kier alpha value is -1.35. The predicted molar refractivity (Wildman–Crippen MR) is 68.8 cm³/mol. The molecule has 1 fully saturated rings. The summed E-state index contributed by atoms with van der Waals surface area (Å²) in [4.78, 5) is 11.9. The Kier molecular flexibility index (Phi) is 3.48. The number of hydrogen-bond donors (Lipinski definition) is 2. The van der Waals surface area contributed by atoms with Gasteiger partial charge in [-0.05, 0) is 31.9 Å². The highest BCUT2D eigenvalue weighted by molar-refractivity contribution is 5.80. The van der Waals surface area contributed by atoms with Gasteiger partial charge in [-0.2, -0.15) is 0 Å². The first-order chi connectivity index (χ1) is 8.08. The van der Waals surface area contributed by atoms with Crippen molar-refractivity contribution in [3.8, 4) is 0 Å². The molecule has 1 saturated heterocycles. The molecule has 0 aromatic heterocycles. The average Bonchev–Trinajstić information content (AvgIpc) is 2.18. The molecule has 17 heavy (non-hydrogen) atoms. The maximum Gasteiger partial charge on any atom is 0.226 e. The maximum absolute atomic E-state index is 11.9. The van der Waals surface area contributed by atoms with Gasteiger partial charge in [0.15, 0.2) is 0 Å². The normalized spacial score (nSPS) is 17.4. The van der Waals surface area contributed by atoms with E-state index in [4.69, 9.17) is 0 Å². The Morgan fingerprint density at radius 3 is 2.71 bits per heavy atom. The molecule has 3 nitrogen and oxygen atoms in total. The lowest BCUT2D eigenvalue weighted by Crippen LogP contribution is -2.51. The Balaban J connectivity index is 2.05. The molecule has 1 aromatic rings. The van der Waals surface area contributed by atoms with Crippen molar-refractivity contribution in [2.24, 2.45) is 5.92 Å². The van der Waals surface area contributed by atoms with Gasteiger partial charge in [0.25, 0.3) is 0 Å². The van der Waals surface area contributed by atoms with E-state index >= 15 is 0 Å². The van der Waals surface area contributed by atoms with Crippen LogP contribution in [-0.4, -0.2) is 19.0 Å². The highest BCUT2D eigenvalue weighted by Gasteiger charge is 2.26. The fourth-order valence-corrected chi connectivity index (χ4v) is 2.11. The Bertz CT molecular complexity index is 424. The van der Waals surface area contributed by atoms with Crippen molar-refractivity contribution < 1.29 is 4.79 Å². The maximum atomic E-state index is 11.9. The molecule has 0 bridgehead atoms. The summed E-state index contributed by atoms with van der Waals surface area (Å²) in [6.07, 6.45) is 0. The number of benzene rings is 1. The number of hydrogen-bond acceptors (Lipinski definition) is 2. The van der Waals surface area contributed by atoms with Gasteiger partial charge in [0.2, 0.25) is 5.91 Å². The second kappa shape index (κ2) is 4.88. The van der Waals surface area contributed by atoms with Crippen LogP contribution in [0.15, 0.2) is 18.2 Å². The van der Waals surface area contributed by atoms with E-state index in [2.05, 4.69) is 42.7 Å². The van der Waals surface area contributed by atoms with Gasteiger partial charge < -0.3 is 10.6 Å². The van der Waals surface area contributed by atoms with Crippen molar-refractivity contribution in [1.29, 1.82) is 0 Å². The largest absolute Gasteiger partial charge is 0.349 e. The molecule has 1 atom stereocenters. The topological polar surface area (TPSA) is 41.1 Å². The molecule has 1 aliphatic rings. The first kappa shape index (κ1) is 12.1. The van der Waals surface area contributed by atoms with E-state index in [0.717, 1.165) is 13.1 Å². The zero-order chi connectivity index (χ0) is 12.4. The minimum Gasteiger partial charge on any atom is -0.349 e. The van der Waals surface area contributed by atoms with Crippen LogP contribution in [0.2, 0.25) is 0 Å². The van der Waals surface area contributed by atoms with Gasteiger partial charge in [-0.3, -0.25) is 4.79 Å².